The third-order valence-electron chi connectivity index (χ3n) is 4.27. The van der Waals surface area contributed by atoms with Gasteiger partial charge >= 0.3 is 0 Å². The van der Waals surface area contributed by atoms with Gasteiger partial charge in [0.25, 0.3) is 10.0 Å². The van der Waals surface area contributed by atoms with E-state index in [1.165, 1.54) is 12.4 Å². The average molecular weight is 359 g/mol. The highest BCUT2D eigenvalue weighted by molar-refractivity contribution is 7.89. The largest absolute Gasteiger partial charge is 0.299 e. The predicted octanol–water partition coefficient (Wildman–Crippen LogP) is 1.31. The molecule has 0 aromatic carbocycles. The van der Waals surface area contributed by atoms with Crippen LogP contribution >= 0.6 is 0 Å². The Hall–Kier alpha value is -2.55. The Balaban J connectivity index is 1.72. The highest BCUT2D eigenvalue weighted by Gasteiger charge is 2.30. The summed E-state index contributed by atoms with van der Waals surface area (Å²) in [5.74, 6) is 0.801. The molecule has 0 saturated heterocycles. The first kappa shape index (κ1) is 15.9. The lowest BCUT2D eigenvalue weighted by Crippen LogP contribution is -2.14. The van der Waals surface area contributed by atoms with Crippen molar-refractivity contribution in [3.8, 4) is 11.3 Å². The molecule has 1 fully saturated rings. The third kappa shape index (κ3) is 2.95. The molecule has 3 aromatic heterocycles. The van der Waals surface area contributed by atoms with E-state index in [0.29, 0.717) is 22.7 Å². The lowest BCUT2D eigenvalue weighted by Gasteiger charge is -2.01. The van der Waals surface area contributed by atoms with Crippen molar-refractivity contribution in [3.05, 3.63) is 36.4 Å². The van der Waals surface area contributed by atoms with Crippen LogP contribution < -0.4 is 0 Å². The van der Waals surface area contributed by atoms with Gasteiger partial charge in [-0.3, -0.25) is 4.79 Å². The van der Waals surface area contributed by atoms with Crippen LogP contribution in [0.4, 0.5) is 0 Å². The molecule has 25 heavy (non-hydrogen) atoms. The highest BCUT2D eigenvalue weighted by atomic mass is 32.2. The third-order valence-corrected chi connectivity index (χ3v) is 5.77. The van der Waals surface area contributed by atoms with Crippen molar-refractivity contribution < 1.29 is 13.2 Å². The van der Waals surface area contributed by atoms with Gasteiger partial charge in [-0.2, -0.15) is 14.3 Å². The van der Waals surface area contributed by atoms with E-state index in [2.05, 4.69) is 15.2 Å². The number of Topliss-reactive ketones (excluding diaryl/α,β-unsaturated/α-hetero) is 1. The number of carbonyl (C=O) groups is 1. The summed E-state index contributed by atoms with van der Waals surface area (Å²) in [4.78, 5) is 16.4. The second kappa shape index (κ2) is 5.76. The molecule has 0 spiro atoms. The van der Waals surface area contributed by atoms with Crippen molar-refractivity contribution in [1.29, 1.82) is 0 Å². The molecule has 0 N–H and O–H groups in total. The molecule has 1 saturated carbocycles. The Labute approximate surface area is 144 Å². The van der Waals surface area contributed by atoms with Crippen LogP contribution in [0.5, 0.6) is 0 Å². The van der Waals surface area contributed by atoms with Gasteiger partial charge in [0, 0.05) is 11.5 Å². The number of ketones is 1. The van der Waals surface area contributed by atoms with Crippen LogP contribution in [0.2, 0.25) is 0 Å². The molecule has 0 radical (unpaired) electrons. The molecule has 130 valence electrons. The standard InChI is InChI=1S/C16H17N5O3S/c1-2-25(23,24)20-10-12(9-17-20)13-4-3-5-16-18-15(19-21(13)16)8-14(22)11-6-7-11/h3-5,9-11H,2,6-8H2,1H3. The molecule has 3 heterocycles. The summed E-state index contributed by atoms with van der Waals surface area (Å²) in [6.45, 7) is 1.57. The first-order valence-corrected chi connectivity index (χ1v) is 9.74. The molecule has 1 aliphatic carbocycles. The van der Waals surface area contributed by atoms with Crippen LogP contribution in [0.3, 0.4) is 0 Å². The lowest BCUT2D eigenvalue weighted by atomic mass is 10.2. The van der Waals surface area contributed by atoms with E-state index in [1.807, 2.05) is 12.1 Å². The molecule has 4 rings (SSSR count). The Morgan fingerprint density at radius 1 is 1.32 bits per heavy atom. The number of carbonyl (C=O) groups excluding carboxylic acids is 1. The van der Waals surface area contributed by atoms with E-state index in [4.69, 9.17) is 0 Å². The zero-order chi connectivity index (χ0) is 17.6. The highest BCUT2D eigenvalue weighted by Crippen LogP contribution is 2.30. The van der Waals surface area contributed by atoms with Crippen LogP contribution in [-0.2, 0) is 21.2 Å². The van der Waals surface area contributed by atoms with Gasteiger partial charge in [-0.05, 0) is 31.9 Å². The van der Waals surface area contributed by atoms with Crippen LogP contribution in [0, 0.1) is 5.92 Å². The van der Waals surface area contributed by atoms with Crippen molar-refractivity contribution in [2.24, 2.45) is 5.92 Å². The normalized spacial score (nSPS) is 14.9. The number of fused-ring (bicyclic) bond motifs is 1. The monoisotopic (exact) mass is 359 g/mol. The first-order valence-electron chi connectivity index (χ1n) is 8.13. The van der Waals surface area contributed by atoms with Gasteiger partial charge in [0.2, 0.25) is 0 Å². The SMILES string of the molecule is CCS(=O)(=O)n1cc(-c2cccc3nc(CC(=O)C4CC4)nn23)cn1. The van der Waals surface area contributed by atoms with E-state index in [9.17, 15) is 13.2 Å². The minimum atomic E-state index is -3.44. The molecule has 1 aliphatic rings. The minimum absolute atomic E-state index is 0.0327. The van der Waals surface area contributed by atoms with E-state index in [1.54, 1.807) is 17.5 Å². The Kier molecular flexibility index (Phi) is 3.68. The number of nitrogens with zero attached hydrogens (tertiary/aromatic N) is 5. The van der Waals surface area contributed by atoms with Crippen LogP contribution in [0.25, 0.3) is 16.9 Å². The van der Waals surface area contributed by atoms with Gasteiger partial charge < -0.3 is 0 Å². The van der Waals surface area contributed by atoms with Gasteiger partial charge in [-0.15, -0.1) is 0 Å². The van der Waals surface area contributed by atoms with Gasteiger partial charge in [0.15, 0.2) is 11.5 Å². The predicted molar refractivity (Wildman–Crippen MR) is 90.5 cm³/mol. The average Bonchev–Trinajstić information content (AvgIpc) is 3.18. The second-order valence-electron chi connectivity index (χ2n) is 6.13. The van der Waals surface area contributed by atoms with E-state index >= 15 is 0 Å². The quantitative estimate of drug-likeness (QED) is 0.658. The van der Waals surface area contributed by atoms with Gasteiger partial charge in [-0.1, -0.05) is 6.07 Å². The van der Waals surface area contributed by atoms with Gasteiger partial charge in [0.1, 0.15) is 5.78 Å². The number of hydrogen-bond acceptors (Lipinski definition) is 6. The zero-order valence-electron chi connectivity index (χ0n) is 13.7. The van der Waals surface area contributed by atoms with Crippen molar-refractivity contribution in [1.82, 2.24) is 23.8 Å². The summed E-state index contributed by atoms with van der Waals surface area (Å²) >= 11 is 0. The van der Waals surface area contributed by atoms with Crippen molar-refractivity contribution in [2.75, 3.05) is 5.75 Å². The van der Waals surface area contributed by atoms with E-state index in [-0.39, 0.29) is 23.9 Å². The maximum atomic E-state index is 12.0. The van der Waals surface area contributed by atoms with Crippen molar-refractivity contribution in [3.63, 3.8) is 0 Å². The van der Waals surface area contributed by atoms with Crippen LogP contribution in [-0.4, -0.2) is 43.7 Å². The number of pyridine rings is 1. The minimum Gasteiger partial charge on any atom is -0.299 e. The molecule has 0 atom stereocenters. The fourth-order valence-electron chi connectivity index (χ4n) is 2.67. The Morgan fingerprint density at radius 3 is 2.84 bits per heavy atom. The maximum Gasteiger partial charge on any atom is 0.253 e. The molecule has 8 nitrogen and oxygen atoms in total. The summed E-state index contributed by atoms with van der Waals surface area (Å²) in [5.41, 5.74) is 1.91. The summed E-state index contributed by atoms with van der Waals surface area (Å²) in [6.07, 6.45) is 5.10. The maximum absolute atomic E-state index is 12.0. The second-order valence-corrected chi connectivity index (χ2v) is 8.24. The fraction of sp³-hybridized carbons (Fsp3) is 0.375. The number of rotatable bonds is 6. The first-order chi connectivity index (χ1) is 12.0. The molecule has 3 aromatic rings. The molecule has 0 bridgehead atoms. The Bertz CT molecular complexity index is 1060. The van der Waals surface area contributed by atoms with Gasteiger partial charge in [0.05, 0.1) is 30.3 Å². The summed E-state index contributed by atoms with van der Waals surface area (Å²) in [7, 11) is -3.44. The van der Waals surface area contributed by atoms with E-state index < -0.39 is 10.0 Å². The topological polar surface area (TPSA) is 99.2 Å². The molecule has 9 heteroatoms. The van der Waals surface area contributed by atoms with Gasteiger partial charge in [-0.25, -0.2) is 17.9 Å². The zero-order valence-corrected chi connectivity index (χ0v) is 14.5. The summed E-state index contributed by atoms with van der Waals surface area (Å²) in [5, 5.41) is 8.37. The van der Waals surface area contributed by atoms with Crippen molar-refractivity contribution in [2.45, 2.75) is 26.2 Å². The van der Waals surface area contributed by atoms with Crippen LogP contribution in [0.15, 0.2) is 30.6 Å². The summed E-state index contributed by atoms with van der Waals surface area (Å²) < 4.78 is 26.5. The Morgan fingerprint density at radius 2 is 2.12 bits per heavy atom. The molecular formula is C16H17N5O3S. The number of aromatic nitrogens is 5. The molecular weight excluding hydrogens is 342 g/mol. The molecule has 0 unspecified atom stereocenters. The van der Waals surface area contributed by atoms with Crippen molar-refractivity contribution >= 4 is 21.5 Å². The summed E-state index contributed by atoms with van der Waals surface area (Å²) in [6, 6.07) is 5.43. The van der Waals surface area contributed by atoms with Crippen LogP contribution in [0.1, 0.15) is 25.6 Å². The lowest BCUT2D eigenvalue weighted by molar-refractivity contribution is -0.119. The molecule has 0 aliphatic heterocycles. The number of hydrogen-bond donors (Lipinski definition) is 0. The smallest absolute Gasteiger partial charge is 0.253 e. The van der Waals surface area contributed by atoms with E-state index in [0.717, 1.165) is 16.9 Å². The fourth-order valence-corrected chi connectivity index (χ4v) is 3.40. The molecule has 0 amide bonds.